The summed E-state index contributed by atoms with van der Waals surface area (Å²) in [6.07, 6.45) is 0.760. The first-order valence-corrected chi connectivity index (χ1v) is 7.25. The number of benzene rings is 1. The molecule has 0 saturated heterocycles. The third-order valence-corrected chi connectivity index (χ3v) is 3.94. The molecule has 0 unspecified atom stereocenters. The van der Waals surface area contributed by atoms with Gasteiger partial charge in [0.1, 0.15) is 4.88 Å². The highest BCUT2D eigenvalue weighted by Crippen LogP contribution is 2.32. The Bertz CT molecular complexity index is 639. The number of fused-ring (bicyclic) bond motifs is 1. The predicted molar refractivity (Wildman–Crippen MR) is 75.2 cm³/mol. The van der Waals surface area contributed by atoms with E-state index in [2.05, 4.69) is 10.3 Å². The van der Waals surface area contributed by atoms with E-state index in [4.69, 9.17) is 9.47 Å². The van der Waals surface area contributed by atoms with Crippen LogP contribution in [0.2, 0.25) is 0 Å². The quantitative estimate of drug-likeness (QED) is 0.939. The number of nitrogens with one attached hydrogen (secondary N) is 1. The number of nitrogens with zero attached hydrogens (tertiary/aromatic N) is 1. The number of aromatic nitrogens is 1. The molecule has 1 aromatic heterocycles. The van der Waals surface area contributed by atoms with Crippen LogP contribution in [0.4, 0.5) is 0 Å². The first-order valence-electron chi connectivity index (χ1n) is 6.37. The molecule has 2 aromatic rings. The van der Waals surface area contributed by atoms with Crippen molar-refractivity contribution in [2.45, 2.75) is 19.9 Å². The first-order chi connectivity index (χ1) is 9.78. The van der Waals surface area contributed by atoms with Crippen LogP contribution in [0.25, 0.3) is 0 Å². The van der Waals surface area contributed by atoms with Crippen molar-refractivity contribution < 1.29 is 14.3 Å². The molecule has 1 aliphatic heterocycles. The summed E-state index contributed by atoms with van der Waals surface area (Å²) >= 11 is 1.37. The van der Waals surface area contributed by atoms with Crippen molar-refractivity contribution in [1.29, 1.82) is 0 Å². The molecule has 1 aliphatic rings. The van der Waals surface area contributed by atoms with Gasteiger partial charge in [0.15, 0.2) is 11.5 Å². The van der Waals surface area contributed by atoms with E-state index in [0.717, 1.165) is 29.2 Å². The molecular formula is C14H14N2O3S. The number of hydrogen-bond acceptors (Lipinski definition) is 5. The van der Waals surface area contributed by atoms with E-state index in [1.165, 1.54) is 11.3 Å². The van der Waals surface area contributed by atoms with E-state index in [1.54, 1.807) is 5.51 Å². The molecule has 1 aromatic carbocycles. The molecule has 5 nitrogen and oxygen atoms in total. The monoisotopic (exact) mass is 290 g/mol. The van der Waals surface area contributed by atoms with Crippen molar-refractivity contribution in [3.8, 4) is 11.5 Å². The highest BCUT2D eigenvalue weighted by molar-refractivity contribution is 7.11. The fourth-order valence-corrected chi connectivity index (χ4v) is 2.82. The minimum atomic E-state index is -0.0815. The van der Waals surface area contributed by atoms with E-state index < -0.39 is 0 Å². The van der Waals surface area contributed by atoms with Crippen LogP contribution in [0.3, 0.4) is 0 Å². The summed E-state index contributed by atoms with van der Waals surface area (Å²) in [4.78, 5) is 17.0. The smallest absolute Gasteiger partial charge is 0.263 e. The average molecular weight is 290 g/mol. The molecule has 1 N–H and O–H groups in total. The molecule has 6 heteroatoms. The second-order valence-corrected chi connectivity index (χ2v) is 5.21. The third kappa shape index (κ3) is 2.46. The topological polar surface area (TPSA) is 60.5 Å². The van der Waals surface area contributed by atoms with Crippen LogP contribution in [0.1, 0.15) is 27.9 Å². The largest absolute Gasteiger partial charge is 0.454 e. The van der Waals surface area contributed by atoms with Gasteiger partial charge in [-0.2, -0.15) is 0 Å². The second-order valence-electron chi connectivity index (χ2n) is 4.35. The van der Waals surface area contributed by atoms with Gasteiger partial charge in [-0.05, 0) is 24.1 Å². The van der Waals surface area contributed by atoms with Gasteiger partial charge in [-0.25, -0.2) is 4.98 Å². The Hall–Kier alpha value is -2.08. The van der Waals surface area contributed by atoms with Gasteiger partial charge in [0, 0.05) is 6.54 Å². The number of carbonyl (C=O) groups excluding carboxylic acids is 1. The van der Waals surface area contributed by atoms with Crippen LogP contribution < -0.4 is 14.8 Å². The summed E-state index contributed by atoms with van der Waals surface area (Å²) < 4.78 is 10.6. The number of rotatable bonds is 4. The van der Waals surface area contributed by atoms with Crippen molar-refractivity contribution in [2.75, 3.05) is 6.79 Å². The molecule has 20 heavy (non-hydrogen) atoms. The van der Waals surface area contributed by atoms with Gasteiger partial charge in [0.05, 0.1) is 11.2 Å². The van der Waals surface area contributed by atoms with E-state index in [9.17, 15) is 4.79 Å². The maximum absolute atomic E-state index is 12.1. The van der Waals surface area contributed by atoms with Crippen molar-refractivity contribution in [3.05, 3.63) is 39.8 Å². The number of hydrogen-bond donors (Lipinski definition) is 1. The van der Waals surface area contributed by atoms with Gasteiger partial charge in [-0.1, -0.05) is 13.0 Å². The number of carbonyl (C=O) groups is 1. The third-order valence-electron chi connectivity index (χ3n) is 3.07. The average Bonchev–Trinajstić information content (AvgIpc) is 3.12. The Morgan fingerprint density at radius 2 is 2.25 bits per heavy atom. The Balaban J connectivity index is 1.66. The molecule has 0 atom stereocenters. The molecule has 3 rings (SSSR count). The molecule has 1 amide bonds. The van der Waals surface area contributed by atoms with E-state index in [-0.39, 0.29) is 12.7 Å². The van der Waals surface area contributed by atoms with E-state index in [1.807, 2.05) is 25.1 Å². The first kappa shape index (κ1) is 12.9. The highest BCUT2D eigenvalue weighted by Gasteiger charge is 2.15. The van der Waals surface area contributed by atoms with Crippen molar-refractivity contribution in [1.82, 2.24) is 10.3 Å². The summed E-state index contributed by atoms with van der Waals surface area (Å²) in [6.45, 7) is 2.70. The molecule has 0 aliphatic carbocycles. The fraction of sp³-hybridized carbons (Fsp3) is 0.286. The molecule has 104 valence electrons. The SMILES string of the molecule is CCc1ncsc1C(=O)NCc1ccc2c(c1)OCO2. The zero-order chi connectivity index (χ0) is 13.9. The Morgan fingerprint density at radius 3 is 3.10 bits per heavy atom. The van der Waals surface area contributed by atoms with Crippen LogP contribution in [0, 0.1) is 0 Å². The van der Waals surface area contributed by atoms with E-state index in [0.29, 0.717) is 11.4 Å². The summed E-state index contributed by atoms with van der Waals surface area (Å²) in [6, 6.07) is 5.66. The lowest BCUT2D eigenvalue weighted by molar-refractivity contribution is 0.0954. The standard InChI is InChI=1S/C14H14N2O3S/c1-2-10-13(20-7-16-10)14(17)15-6-9-3-4-11-12(5-9)19-8-18-11/h3-5,7H,2,6,8H2,1H3,(H,15,17). The molecule has 0 bridgehead atoms. The summed E-state index contributed by atoms with van der Waals surface area (Å²) in [7, 11) is 0. The Kier molecular flexibility index (Phi) is 3.56. The molecule has 0 spiro atoms. The summed E-state index contributed by atoms with van der Waals surface area (Å²) in [5, 5.41) is 2.90. The van der Waals surface area contributed by atoms with Gasteiger partial charge in [0.25, 0.3) is 5.91 Å². The number of thiazole rings is 1. The lowest BCUT2D eigenvalue weighted by atomic mass is 10.2. The van der Waals surface area contributed by atoms with Crippen LogP contribution in [0.15, 0.2) is 23.7 Å². The van der Waals surface area contributed by atoms with Gasteiger partial charge in [-0.15, -0.1) is 11.3 Å². The molecule has 0 radical (unpaired) electrons. The Morgan fingerprint density at radius 1 is 1.40 bits per heavy atom. The normalized spacial score (nSPS) is 12.4. The molecule has 0 fully saturated rings. The number of ether oxygens (including phenoxy) is 2. The lowest BCUT2D eigenvalue weighted by Gasteiger charge is -2.06. The Labute approximate surface area is 120 Å². The highest BCUT2D eigenvalue weighted by atomic mass is 32.1. The number of amides is 1. The zero-order valence-corrected chi connectivity index (χ0v) is 11.8. The molecular weight excluding hydrogens is 276 g/mol. The maximum Gasteiger partial charge on any atom is 0.263 e. The zero-order valence-electron chi connectivity index (χ0n) is 11.0. The molecule has 2 heterocycles. The van der Waals surface area contributed by atoms with Crippen LogP contribution in [0.5, 0.6) is 11.5 Å². The summed E-state index contributed by atoms with van der Waals surface area (Å²) in [5.74, 6) is 1.39. The second kappa shape index (κ2) is 5.50. The lowest BCUT2D eigenvalue weighted by Crippen LogP contribution is -2.22. The maximum atomic E-state index is 12.1. The van der Waals surface area contributed by atoms with Crippen molar-refractivity contribution in [2.24, 2.45) is 0 Å². The predicted octanol–water partition coefficient (Wildman–Crippen LogP) is 2.36. The van der Waals surface area contributed by atoms with Crippen LogP contribution in [-0.4, -0.2) is 17.7 Å². The number of aryl methyl sites for hydroxylation is 1. The van der Waals surface area contributed by atoms with Crippen LogP contribution in [-0.2, 0) is 13.0 Å². The minimum absolute atomic E-state index is 0.0815. The minimum Gasteiger partial charge on any atom is -0.454 e. The van der Waals surface area contributed by atoms with Crippen molar-refractivity contribution >= 4 is 17.2 Å². The van der Waals surface area contributed by atoms with Crippen LogP contribution >= 0.6 is 11.3 Å². The van der Waals surface area contributed by atoms with Gasteiger partial charge in [-0.3, -0.25) is 4.79 Å². The van der Waals surface area contributed by atoms with Gasteiger partial charge >= 0.3 is 0 Å². The fourth-order valence-electron chi connectivity index (χ4n) is 2.02. The molecule has 0 saturated carbocycles. The van der Waals surface area contributed by atoms with E-state index >= 15 is 0 Å². The van der Waals surface area contributed by atoms with Crippen molar-refractivity contribution in [3.63, 3.8) is 0 Å². The van der Waals surface area contributed by atoms with Gasteiger partial charge < -0.3 is 14.8 Å². The summed E-state index contributed by atoms with van der Waals surface area (Å²) in [5.41, 5.74) is 3.53. The van der Waals surface area contributed by atoms with Gasteiger partial charge in [0.2, 0.25) is 6.79 Å².